The first kappa shape index (κ1) is 35.2. The van der Waals surface area contributed by atoms with Crippen LogP contribution in [0.25, 0.3) is 0 Å². The second-order valence-electron chi connectivity index (χ2n) is 7.87. The lowest BCUT2D eigenvalue weighted by molar-refractivity contribution is -0.146. The lowest BCUT2D eigenvalue weighted by atomic mass is 10.2. The highest BCUT2D eigenvalue weighted by atomic mass is 16.6. The quantitative estimate of drug-likeness (QED) is 0.0439. The minimum atomic E-state index is -0.845. The van der Waals surface area contributed by atoms with Gasteiger partial charge < -0.3 is 29.0 Å². The van der Waals surface area contributed by atoms with Crippen LogP contribution >= 0.6 is 0 Å². The number of carbonyl (C=O) groups is 4. The lowest BCUT2D eigenvalue weighted by Crippen LogP contribution is -2.25. The van der Waals surface area contributed by atoms with Gasteiger partial charge in [0.15, 0.2) is 0 Å². The third kappa shape index (κ3) is 27.1. The fourth-order valence-electron chi connectivity index (χ4n) is 2.81. The molecule has 0 saturated carbocycles. The molecule has 0 aromatic rings. The summed E-state index contributed by atoms with van der Waals surface area (Å²) in [5, 5.41) is 5.46. The van der Waals surface area contributed by atoms with E-state index < -0.39 is 12.2 Å². The van der Waals surface area contributed by atoms with E-state index in [4.69, 9.17) is 23.7 Å². The third-order valence-corrected chi connectivity index (χ3v) is 4.72. The number of hydrogen-bond acceptors (Lipinski definition) is 13. The van der Waals surface area contributed by atoms with Crippen LogP contribution in [0.1, 0.15) is 64.2 Å². The predicted molar refractivity (Wildman–Crippen MR) is 134 cm³/mol. The normalized spacial score (nSPS) is 9.85. The number of hydrogen-bond donors (Lipinski definition) is 2. The molecule has 0 saturated heterocycles. The molecule has 0 unspecified atom stereocenters. The van der Waals surface area contributed by atoms with Crippen LogP contribution in [-0.4, -0.2) is 89.0 Å². The number of amides is 2. The molecule has 0 spiro atoms. The number of carbonyl (C=O) groups excluding carboxylic acids is 6. The van der Waals surface area contributed by atoms with Crippen LogP contribution in [0.3, 0.4) is 0 Å². The zero-order valence-corrected chi connectivity index (χ0v) is 22.1. The van der Waals surface area contributed by atoms with Gasteiger partial charge in [-0.3, -0.25) is 9.59 Å². The average molecular weight is 559 g/mol. The zero-order valence-electron chi connectivity index (χ0n) is 22.1. The average Bonchev–Trinajstić information content (AvgIpc) is 2.92. The van der Waals surface area contributed by atoms with Gasteiger partial charge in [-0.25, -0.2) is 29.6 Å². The molecule has 15 nitrogen and oxygen atoms in total. The molecule has 0 rings (SSSR count). The molecule has 0 aliphatic carbocycles. The summed E-state index contributed by atoms with van der Waals surface area (Å²) < 4.78 is 25.1. The van der Waals surface area contributed by atoms with E-state index in [2.05, 4.69) is 15.4 Å². The van der Waals surface area contributed by atoms with Gasteiger partial charge in [-0.1, -0.05) is 5.10 Å². The van der Waals surface area contributed by atoms with Gasteiger partial charge in [0, 0.05) is 19.4 Å². The number of nitrogens with zero attached hydrogens (tertiary/aromatic N) is 2. The molecular weight excluding hydrogens is 520 g/mol. The highest BCUT2D eigenvalue weighted by Crippen LogP contribution is 2.03. The van der Waals surface area contributed by atoms with Crippen molar-refractivity contribution in [3.8, 4) is 0 Å². The number of esters is 2. The number of ether oxygens (including phenoxy) is 5. The first-order valence-electron chi connectivity index (χ1n) is 12.8. The summed E-state index contributed by atoms with van der Waals surface area (Å²) in [6.45, 7) is 1.76. The molecule has 0 aliphatic rings. The first-order chi connectivity index (χ1) is 19.0. The van der Waals surface area contributed by atoms with Crippen LogP contribution in [-0.2, 0) is 42.9 Å². The van der Waals surface area contributed by atoms with Crippen LogP contribution in [0.4, 0.5) is 9.59 Å². The highest BCUT2D eigenvalue weighted by molar-refractivity contribution is 5.69. The van der Waals surface area contributed by atoms with Crippen molar-refractivity contribution < 1.29 is 52.5 Å². The lowest BCUT2D eigenvalue weighted by Gasteiger charge is -2.08. The van der Waals surface area contributed by atoms with Crippen molar-refractivity contribution >= 4 is 36.3 Å². The van der Waals surface area contributed by atoms with Gasteiger partial charge in [0.2, 0.25) is 6.08 Å². The van der Waals surface area contributed by atoms with Crippen molar-refractivity contribution in [1.29, 1.82) is 0 Å². The molecule has 0 atom stereocenters. The van der Waals surface area contributed by atoms with Gasteiger partial charge in [-0.2, -0.15) is 0 Å². The Labute approximate surface area is 227 Å². The molecule has 220 valence electrons. The summed E-state index contributed by atoms with van der Waals surface area (Å²) in [5.74, 6) is -0.712. The van der Waals surface area contributed by atoms with Crippen molar-refractivity contribution in [2.45, 2.75) is 64.2 Å². The van der Waals surface area contributed by atoms with E-state index in [9.17, 15) is 28.8 Å². The van der Waals surface area contributed by atoms with E-state index in [1.54, 1.807) is 0 Å². The summed E-state index contributed by atoms with van der Waals surface area (Å²) in [6.07, 6.45) is 6.79. The van der Waals surface area contributed by atoms with E-state index in [0.717, 1.165) is 6.08 Å². The summed E-state index contributed by atoms with van der Waals surface area (Å²) in [7, 11) is 0. The van der Waals surface area contributed by atoms with Crippen molar-refractivity contribution in [3.05, 3.63) is 0 Å². The van der Waals surface area contributed by atoms with Gasteiger partial charge in [0.25, 0.3) is 6.08 Å². The molecule has 0 aliphatic heterocycles. The Hall–Kier alpha value is -3.80. The molecule has 0 heterocycles. The maximum atomic E-state index is 11.7. The van der Waals surface area contributed by atoms with Gasteiger partial charge >= 0.3 is 24.1 Å². The molecule has 0 fully saturated rings. The van der Waals surface area contributed by atoms with Crippen LogP contribution in [0, 0.1) is 0 Å². The first-order valence-corrected chi connectivity index (χ1v) is 12.8. The zero-order chi connectivity index (χ0) is 28.8. The maximum absolute atomic E-state index is 11.7. The second kappa shape index (κ2) is 27.2. The van der Waals surface area contributed by atoms with Gasteiger partial charge in [0.1, 0.15) is 13.2 Å². The molecule has 2 amide bonds. The van der Waals surface area contributed by atoms with Crippen LogP contribution in [0.5, 0.6) is 0 Å². The fraction of sp³-hybridized carbons (Fsp3) is 0.750. The summed E-state index contributed by atoms with van der Waals surface area (Å²) in [4.78, 5) is 68.9. The van der Waals surface area contributed by atoms with Crippen LogP contribution in [0.2, 0.25) is 0 Å². The Kier molecular flexibility index (Phi) is 24.6. The van der Waals surface area contributed by atoms with Crippen molar-refractivity contribution in [3.63, 3.8) is 0 Å². The maximum Gasteiger partial charge on any atom is 0.428 e. The number of alkyl carbamates (subject to hydrolysis) is 1. The fourth-order valence-corrected chi connectivity index (χ4v) is 2.81. The Morgan fingerprint density at radius 3 is 1.74 bits per heavy atom. The number of hydrazone groups is 1. The number of isocyanates is 2. The number of unbranched alkanes of at least 4 members (excludes halogenated alkanes) is 5. The minimum Gasteiger partial charge on any atom is -0.463 e. The molecule has 0 aromatic heterocycles. The van der Waals surface area contributed by atoms with Crippen molar-refractivity contribution in [1.82, 2.24) is 10.7 Å². The van der Waals surface area contributed by atoms with Crippen LogP contribution < -0.4 is 10.7 Å². The molecule has 0 aromatic carbocycles. The standard InChI is InChI=1S/C24H38N4O11/c29-19-25-11-5-6-12-26-23(33)38-13-7-1-3-9-21(31)36-17-15-35-16-18-37-22(32)10-4-2-8-14-39-24(34)28-27-20-30/h1-18H2,(H,26,33)(H,28,34). The molecule has 0 radical (unpaired) electrons. The summed E-state index contributed by atoms with van der Waals surface area (Å²) >= 11 is 0. The van der Waals surface area contributed by atoms with E-state index in [1.807, 2.05) is 5.43 Å². The van der Waals surface area contributed by atoms with Gasteiger partial charge in [-0.05, 0) is 51.4 Å². The Bertz CT molecular complexity index is 797. The third-order valence-electron chi connectivity index (χ3n) is 4.72. The predicted octanol–water partition coefficient (Wildman–Crippen LogP) is 2.03. The Balaban J connectivity index is 3.42. The molecule has 2 N–H and O–H groups in total. The monoisotopic (exact) mass is 558 g/mol. The molecular formula is C24H38N4O11. The number of aliphatic imine (C=N–C) groups is 1. The highest BCUT2D eigenvalue weighted by Gasteiger charge is 2.06. The number of rotatable bonds is 24. The largest absolute Gasteiger partial charge is 0.463 e. The van der Waals surface area contributed by atoms with Crippen LogP contribution in [0.15, 0.2) is 10.1 Å². The summed E-state index contributed by atoms with van der Waals surface area (Å²) in [5.41, 5.74) is 1.82. The van der Waals surface area contributed by atoms with E-state index >= 15 is 0 Å². The Morgan fingerprint density at radius 1 is 0.590 bits per heavy atom. The number of nitrogens with one attached hydrogen (secondary N) is 2. The molecule has 0 bridgehead atoms. The van der Waals surface area contributed by atoms with E-state index in [-0.39, 0.29) is 64.4 Å². The van der Waals surface area contributed by atoms with Gasteiger partial charge in [0.05, 0.1) is 33.0 Å². The molecule has 39 heavy (non-hydrogen) atoms. The molecule has 15 heteroatoms. The van der Waals surface area contributed by atoms with E-state index in [1.165, 1.54) is 6.08 Å². The topological polar surface area (TPSA) is 197 Å². The van der Waals surface area contributed by atoms with Crippen molar-refractivity contribution in [2.24, 2.45) is 10.1 Å². The SMILES string of the molecule is O=C=NCCCCNC(=O)OCCCCCC(=O)OCCOCCOC(=O)CCCCCOC(=O)NN=C=O. The summed E-state index contributed by atoms with van der Waals surface area (Å²) in [6, 6.07) is 0. The Morgan fingerprint density at radius 2 is 1.18 bits per heavy atom. The van der Waals surface area contributed by atoms with Gasteiger partial charge in [-0.15, -0.1) is 0 Å². The van der Waals surface area contributed by atoms with E-state index in [0.29, 0.717) is 64.5 Å². The second-order valence-corrected chi connectivity index (χ2v) is 7.87. The van der Waals surface area contributed by atoms with Crippen molar-refractivity contribution in [2.75, 3.05) is 52.7 Å². The smallest absolute Gasteiger partial charge is 0.428 e. The minimum absolute atomic E-state index is 0.0872.